The summed E-state index contributed by atoms with van der Waals surface area (Å²) in [4.78, 5) is 38.1. The fraction of sp³-hybridized carbons (Fsp3) is 0.474. The van der Waals surface area contributed by atoms with Crippen molar-refractivity contribution in [2.45, 2.75) is 45.3 Å². The molecule has 2 rings (SSSR count). The molecular weight excluding hydrogens is 523 g/mol. The number of esters is 1. The molecule has 0 aromatic heterocycles. The van der Waals surface area contributed by atoms with E-state index in [0.717, 1.165) is 13.0 Å². The normalized spacial score (nSPS) is 15.9. The molecule has 0 saturated heterocycles. The van der Waals surface area contributed by atoms with E-state index in [4.69, 9.17) is 14.2 Å². The van der Waals surface area contributed by atoms with Gasteiger partial charge in [-0.05, 0) is 43.5 Å². The second kappa shape index (κ2) is 11.2. The van der Waals surface area contributed by atoms with Crippen molar-refractivity contribution in [2.75, 3.05) is 13.2 Å². The van der Waals surface area contributed by atoms with Crippen LogP contribution < -0.4 is 4.74 Å². The number of nitrogens with zero attached hydrogens (tertiary/aromatic N) is 1. The fourth-order valence-electron chi connectivity index (χ4n) is 2.77. The van der Waals surface area contributed by atoms with Crippen molar-refractivity contribution in [3.8, 4) is 5.75 Å². The predicted octanol–water partition coefficient (Wildman–Crippen LogP) is 4.50. The Kier molecular flexibility index (Phi) is 8.91. The Balaban J connectivity index is 1.98. The van der Waals surface area contributed by atoms with Crippen LogP contribution >= 0.6 is 15.9 Å². The van der Waals surface area contributed by atoms with Gasteiger partial charge in [-0.2, -0.15) is 13.2 Å². The molecular formula is C19H19BrF3NO9. The first-order valence-corrected chi connectivity index (χ1v) is 10.2. The summed E-state index contributed by atoms with van der Waals surface area (Å²) in [5.74, 6) is -1.41. The second-order valence-electron chi connectivity index (χ2n) is 6.73. The molecule has 2 unspecified atom stereocenters. The van der Waals surface area contributed by atoms with Gasteiger partial charge in [-0.1, -0.05) is 15.9 Å². The summed E-state index contributed by atoms with van der Waals surface area (Å²) in [6.07, 6.45) is -8.83. The summed E-state index contributed by atoms with van der Waals surface area (Å²) in [7, 11) is 0. The van der Waals surface area contributed by atoms with E-state index in [1.807, 2.05) is 0 Å². The lowest BCUT2D eigenvalue weighted by atomic mass is 9.99. The highest BCUT2D eigenvalue weighted by Crippen LogP contribution is 2.40. The molecule has 2 atom stereocenters. The van der Waals surface area contributed by atoms with Crippen LogP contribution in [0.25, 0.3) is 6.08 Å². The molecule has 0 aliphatic carbocycles. The smallest absolute Gasteiger partial charge is 0.475 e. The van der Waals surface area contributed by atoms with Gasteiger partial charge in [0, 0.05) is 17.0 Å². The van der Waals surface area contributed by atoms with E-state index in [1.165, 1.54) is 6.07 Å². The first kappa shape index (κ1) is 26.2. The summed E-state index contributed by atoms with van der Waals surface area (Å²) in [6.45, 7) is 2.33. The van der Waals surface area contributed by atoms with E-state index in [2.05, 4.69) is 25.5 Å². The summed E-state index contributed by atoms with van der Waals surface area (Å²) in [5.41, 5.74) is -0.146. The number of alkyl halides is 3. The molecule has 0 spiro atoms. The minimum absolute atomic E-state index is 0.0198. The number of carbonyl (C=O) groups is 2. The summed E-state index contributed by atoms with van der Waals surface area (Å²) < 4.78 is 60.5. The fourth-order valence-corrected chi connectivity index (χ4v) is 3.36. The van der Waals surface area contributed by atoms with Crippen molar-refractivity contribution in [2.24, 2.45) is 0 Å². The van der Waals surface area contributed by atoms with Gasteiger partial charge in [0.1, 0.15) is 5.75 Å². The van der Waals surface area contributed by atoms with Crippen molar-refractivity contribution in [1.82, 2.24) is 0 Å². The number of carbonyl (C=O) groups excluding carboxylic acids is 2. The number of halogens is 4. The van der Waals surface area contributed by atoms with Gasteiger partial charge in [-0.3, -0.25) is 0 Å². The van der Waals surface area contributed by atoms with Crippen LogP contribution in [0, 0.1) is 17.0 Å². The first-order chi connectivity index (χ1) is 15.4. The SMILES string of the molecule is Cc1cc(Br)cc2c1OC(C(F)(F)F)C(C(=O)OC(C)OC(=O)OCCCCO[N+](=O)[O-])=C2. The molecule has 1 aliphatic rings. The second-order valence-corrected chi connectivity index (χ2v) is 7.65. The van der Waals surface area contributed by atoms with Crippen LogP contribution in [0.4, 0.5) is 18.0 Å². The predicted molar refractivity (Wildman–Crippen MR) is 107 cm³/mol. The number of fused-ring (bicyclic) bond motifs is 1. The summed E-state index contributed by atoms with van der Waals surface area (Å²) in [5, 5.41) is 9.03. The number of hydrogen-bond donors (Lipinski definition) is 0. The molecule has 0 saturated carbocycles. The molecule has 182 valence electrons. The minimum Gasteiger partial charge on any atom is -0.475 e. The van der Waals surface area contributed by atoms with Gasteiger partial charge in [-0.25, -0.2) is 9.59 Å². The van der Waals surface area contributed by atoms with Gasteiger partial charge < -0.3 is 23.8 Å². The zero-order chi connectivity index (χ0) is 24.8. The van der Waals surface area contributed by atoms with Crippen molar-refractivity contribution < 1.29 is 51.6 Å². The molecule has 1 heterocycles. The summed E-state index contributed by atoms with van der Waals surface area (Å²) >= 11 is 3.23. The van der Waals surface area contributed by atoms with Gasteiger partial charge in [0.25, 0.3) is 5.09 Å². The lowest BCUT2D eigenvalue weighted by Gasteiger charge is -2.29. The van der Waals surface area contributed by atoms with Gasteiger partial charge >= 0.3 is 18.3 Å². The number of aryl methyl sites for hydroxylation is 1. The number of unbranched alkanes of at least 4 members (excludes halogenated alkanes) is 1. The molecule has 1 aromatic rings. The highest BCUT2D eigenvalue weighted by molar-refractivity contribution is 9.10. The lowest BCUT2D eigenvalue weighted by molar-refractivity contribution is -0.757. The van der Waals surface area contributed by atoms with Crippen LogP contribution in [0.15, 0.2) is 22.2 Å². The topological polar surface area (TPSA) is 123 Å². The van der Waals surface area contributed by atoms with Crippen molar-refractivity contribution >= 4 is 34.1 Å². The van der Waals surface area contributed by atoms with Crippen LogP contribution in [0.3, 0.4) is 0 Å². The summed E-state index contributed by atoms with van der Waals surface area (Å²) in [6, 6.07) is 3.05. The maximum absolute atomic E-state index is 13.5. The molecule has 14 heteroatoms. The zero-order valence-electron chi connectivity index (χ0n) is 17.3. The van der Waals surface area contributed by atoms with E-state index in [1.54, 1.807) is 13.0 Å². The number of rotatable bonds is 9. The van der Waals surface area contributed by atoms with E-state index in [0.29, 0.717) is 10.0 Å². The minimum atomic E-state index is -4.91. The van der Waals surface area contributed by atoms with Crippen LogP contribution in [0.5, 0.6) is 5.75 Å². The molecule has 0 radical (unpaired) electrons. The maximum Gasteiger partial charge on any atom is 0.511 e. The molecule has 33 heavy (non-hydrogen) atoms. The average Bonchev–Trinajstić information content (AvgIpc) is 2.68. The van der Waals surface area contributed by atoms with Crippen molar-refractivity contribution in [1.29, 1.82) is 0 Å². The third-order valence-electron chi connectivity index (χ3n) is 4.12. The van der Waals surface area contributed by atoms with Gasteiger partial charge in [-0.15, -0.1) is 10.1 Å². The third kappa shape index (κ3) is 7.80. The Bertz CT molecular complexity index is 936. The first-order valence-electron chi connectivity index (χ1n) is 9.45. The molecule has 1 aliphatic heterocycles. The number of hydrogen-bond acceptors (Lipinski definition) is 9. The van der Waals surface area contributed by atoms with Crippen molar-refractivity contribution in [3.63, 3.8) is 0 Å². The molecule has 0 N–H and O–H groups in total. The van der Waals surface area contributed by atoms with Crippen LogP contribution in [-0.2, 0) is 23.8 Å². The Morgan fingerprint density at radius 2 is 1.91 bits per heavy atom. The monoisotopic (exact) mass is 541 g/mol. The maximum atomic E-state index is 13.5. The molecule has 0 bridgehead atoms. The van der Waals surface area contributed by atoms with E-state index in [-0.39, 0.29) is 37.4 Å². The van der Waals surface area contributed by atoms with Crippen LogP contribution in [0.2, 0.25) is 0 Å². The van der Waals surface area contributed by atoms with Crippen LogP contribution in [-0.4, -0.2) is 49.0 Å². The Labute approximate surface area is 193 Å². The van der Waals surface area contributed by atoms with E-state index in [9.17, 15) is 32.9 Å². The average molecular weight is 542 g/mol. The number of benzene rings is 1. The van der Waals surface area contributed by atoms with Crippen molar-refractivity contribution in [3.05, 3.63) is 43.4 Å². The molecule has 10 nitrogen and oxygen atoms in total. The highest BCUT2D eigenvalue weighted by atomic mass is 79.9. The van der Waals surface area contributed by atoms with Crippen LogP contribution in [0.1, 0.15) is 30.9 Å². The Morgan fingerprint density at radius 3 is 2.55 bits per heavy atom. The number of ether oxygens (including phenoxy) is 4. The highest BCUT2D eigenvalue weighted by Gasteiger charge is 2.49. The van der Waals surface area contributed by atoms with Gasteiger partial charge in [0.2, 0.25) is 12.4 Å². The van der Waals surface area contributed by atoms with E-state index < -0.39 is 41.4 Å². The molecule has 0 amide bonds. The lowest BCUT2D eigenvalue weighted by Crippen LogP contribution is -2.41. The molecule has 1 aromatic carbocycles. The van der Waals surface area contributed by atoms with Gasteiger partial charge in [0.05, 0.1) is 18.8 Å². The molecule has 0 fully saturated rings. The third-order valence-corrected chi connectivity index (χ3v) is 4.58. The standard InChI is InChI=1S/C19H19BrF3NO9/c1-10-7-13(20)8-12-9-14(16(19(21,22)23)33-15(10)12)17(25)31-11(2)32-18(26)29-5-3-4-6-30-24(27)28/h7-9,11,16H,3-6H2,1-2H3. The quantitative estimate of drug-likeness (QED) is 0.146. The van der Waals surface area contributed by atoms with Gasteiger partial charge in [0.15, 0.2) is 0 Å². The van der Waals surface area contributed by atoms with E-state index >= 15 is 0 Å². The zero-order valence-corrected chi connectivity index (χ0v) is 18.9. The Morgan fingerprint density at radius 1 is 1.24 bits per heavy atom. The largest absolute Gasteiger partial charge is 0.511 e. The Hall–Kier alpha value is -3.03.